The molecule has 2 aromatic rings. The summed E-state index contributed by atoms with van der Waals surface area (Å²) in [6.45, 7) is 1.87. The van der Waals surface area contributed by atoms with Crippen LogP contribution >= 0.6 is 0 Å². The summed E-state index contributed by atoms with van der Waals surface area (Å²) < 4.78 is 16.4. The lowest BCUT2D eigenvalue weighted by Gasteiger charge is -2.38. The van der Waals surface area contributed by atoms with E-state index in [1.54, 1.807) is 38.7 Å². The van der Waals surface area contributed by atoms with Crippen LogP contribution in [0.4, 0.5) is 0 Å². The van der Waals surface area contributed by atoms with E-state index in [1.165, 1.54) is 0 Å². The Morgan fingerprint density at radius 1 is 1.12 bits per heavy atom. The quantitative estimate of drug-likeness (QED) is 0.861. The Labute approximate surface area is 153 Å². The van der Waals surface area contributed by atoms with Crippen molar-refractivity contribution in [2.45, 2.75) is 18.3 Å². The standard InChI is InChI=1S/C20H24N2O4/c1-24-17-4-3-16(13-18(17)25-2)20(7-11-26-12-8-20)14-22-19(23)15-5-9-21-10-6-15/h3-6,9-10,13H,7-8,11-12,14H2,1-2H3,(H,22,23). The fourth-order valence-corrected chi connectivity index (χ4v) is 3.35. The number of nitrogens with one attached hydrogen (secondary N) is 1. The SMILES string of the molecule is COc1ccc(C2(CNC(=O)c3ccncc3)CCOCC2)cc1OC. The second-order valence-corrected chi connectivity index (χ2v) is 6.38. The Morgan fingerprint density at radius 2 is 1.81 bits per heavy atom. The number of nitrogens with zero attached hydrogens (tertiary/aromatic N) is 1. The third-order valence-electron chi connectivity index (χ3n) is 4.98. The number of ether oxygens (including phenoxy) is 3. The van der Waals surface area contributed by atoms with Crippen LogP contribution in [0.25, 0.3) is 0 Å². The number of carbonyl (C=O) groups excluding carboxylic acids is 1. The lowest BCUT2D eigenvalue weighted by molar-refractivity contribution is 0.0486. The highest BCUT2D eigenvalue weighted by atomic mass is 16.5. The predicted molar refractivity (Wildman–Crippen MR) is 97.8 cm³/mol. The van der Waals surface area contributed by atoms with E-state index in [0.717, 1.165) is 18.4 Å². The molecule has 0 unspecified atom stereocenters. The van der Waals surface area contributed by atoms with E-state index in [0.29, 0.717) is 36.8 Å². The van der Waals surface area contributed by atoms with Crippen LogP contribution in [0.2, 0.25) is 0 Å². The van der Waals surface area contributed by atoms with E-state index in [4.69, 9.17) is 14.2 Å². The smallest absolute Gasteiger partial charge is 0.251 e. The summed E-state index contributed by atoms with van der Waals surface area (Å²) in [5.74, 6) is 1.29. The second-order valence-electron chi connectivity index (χ2n) is 6.38. The van der Waals surface area contributed by atoms with E-state index in [1.807, 2.05) is 18.2 Å². The molecule has 2 heterocycles. The molecule has 0 spiro atoms. The average Bonchev–Trinajstić information content (AvgIpc) is 2.72. The van der Waals surface area contributed by atoms with Crippen molar-refractivity contribution in [3.8, 4) is 11.5 Å². The molecule has 1 aromatic heterocycles. The number of aromatic nitrogens is 1. The Hall–Kier alpha value is -2.60. The minimum atomic E-state index is -0.194. The van der Waals surface area contributed by atoms with Crippen molar-refractivity contribution in [2.75, 3.05) is 34.0 Å². The molecule has 0 radical (unpaired) electrons. The van der Waals surface area contributed by atoms with Gasteiger partial charge in [-0.15, -0.1) is 0 Å². The molecule has 1 fully saturated rings. The van der Waals surface area contributed by atoms with Crippen molar-refractivity contribution in [1.82, 2.24) is 10.3 Å². The number of benzene rings is 1. The molecule has 1 aromatic carbocycles. The molecule has 138 valence electrons. The lowest BCUT2D eigenvalue weighted by atomic mass is 9.74. The van der Waals surface area contributed by atoms with E-state index in [-0.39, 0.29) is 11.3 Å². The van der Waals surface area contributed by atoms with Crippen molar-refractivity contribution in [3.05, 3.63) is 53.9 Å². The summed E-state index contributed by atoms with van der Waals surface area (Å²) in [7, 11) is 3.25. The summed E-state index contributed by atoms with van der Waals surface area (Å²) in [6.07, 6.45) is 4.90. The fraction of sp³-hybridized carbons (Fsp3) is 0.400. The summed E-state index contributed by atoms with van der Waals surface area (Å²) >= 11 is 0. The number of hydrogen-bond donors (Lipinski definition) is 1. The molecular weight excluding hydrogens is 332 g/mol. The topological polar surface area (TPSA) is 69.7 Å². The molecule has 6 nitrogen and oxygen atoms in total. The average molecular weight is 356 g/mol. The van der Waals surface area contributed by atoms with Crippen LogP contribution in [0.15, 0.2) is 42.7 Å². The van der Waals surface area contributed by atoms with Gasteiger partial charge in [-0.1, -0.05) is 6.07 Å². The molecule has 1 amide bonds. The van der Waals surface area contributed by atoms with Gasteiger partial charge in [-0.25, -0.2) is 0 Å². The first-order valence-electron chi connectivity index (χ1n) is 8.67. The van der Waals surface area contributed by atoms with Crippen LogP contribution in [0, 0.1) is 0 Å². The van der Waals surface area contributed by atoms with Crippen molar-refractivity contribution in [1.29, 1.82) is 0 Å². The molecule has 1 aliphatic heterocycles. The molecule has 0 aliphatic carbocycles. The first-order valence-corrected chi connectivity index (χ1v) is 8.67. The largest absolute Gasteiger partial charge is 0.493 e. The zero-order valence-electron chi connectivity index (χ0n) is 15.2. The number of hydrogen-bond acceptors (Lipinski definition) is 5. The fourth-order valence-electron chi connectivity index (χ4n) is 3.35. The molecule has 1 aliphatic rings. The Bertz CT molecular complexity index is 743. The highest BCUT2D eigenvalue weighted by Crippen LogP contribution is 2.38. The molecule has 1 saturated heterocycles. The van der Waals surface area contributed by atoms with Crippen molar-refractivity contribution in [3.63, 3.8) is 0 Å². The van der Waals surface area contributed by atoms with Crippen LogP contribution in [-0.2, 0) is 10.2 Å². The molecule has 0 saturated carbocycles. The first kappa shape index (κ1) is 18.2. The van der Waals surface area contributed by atoms with E-state index < -0.39 is 0 Å². The van der Waals surface area contributed by atoms with Gasteiger partial charge >= 0.3 is 0 Å². The number of amides is 1. The minimum absolute atomic E-state index is 0.0984. The second kappa shape index (κ2) is 8.19. The van der Waals surface area contributed by atoms with Gasteiger partial charge in [-0.3, -0.25) is 9.78 Å². The zero-order chi connectivity index (χ0) is 18.4. The van der Waals surface area contributed by atoms with Crippen LogP contribution in [-0.4, -0.2) is 44.9 Å². The van der Waals surface area contributed by atoms with Gasteiger partial charge in [0.15, 0.2) is 11.5 Å². The van der Waals surface area contributed by atoms with Crippen LogP contribution < -0.4 is 14.8 Å². The van der Waals surface area contributed by atoms with Crippen molar-refractivity contribution in [2.24, 2.45) is 0 Å². The molecule has 3 rings (SSSR count). The molecule has 1 N–H and O–H groups in total. The van der Waals surface area contributed by atoms with Crippen molar-refractivity contribution >= 4 is 5.91 Å². The van der Waals surface area contributed by atoms with Crippen molar-refractivity contribution < 1.29 is 19.0 Å². The number of pyridine rings is 1. The van der Waals surface area contributed by atoms with Gasteiger partial charge in [0.1, 0.15) is 0 Å². The van der Waals surface area contributed by atoms with Crippen LogP contribution in [0.5, 0.6) is 11.5 Å². The van der Waals surface area contributed by atoms with E-state index in [2.05, 4.69) is 10.3 Å². The maximum absolute atomic E-state index is 12.5. The van der Waals surface area contributed by atoms with Gasteiger partial charge in [-0.2, -0.15) is 0 Å². The first-order chi connectivity index (χ1) is 12.7. The monoisotopic (exact) mass is 356 g/mol. The minimum Gasteiger partial charge on any atom is -0.493 e. The van der Waals surface area contributed by atoms with Gasteiger partial charge in [0.05, 0.1) is 14.2 Å². The summed E-state index contributed by atoms with van der Waals surface area (Å²) in [6, 6.07) is 9.38. The van der Waals surface area contributed by atoms with Gasteiger partial charge in [0, 0.05) is 43.1 Å². The molecule has 26 heavy (non-hydrogen) atoms. The molecule has 0 atom stereocenters. The third-order valence-corrected chi connectivity index (χ3v) is 4.98. The Kier molecular flexibility index (Phi) is 5.73. The molecule has 0 bridgehead atoms. The number of methoxy groups -OCH3 is 2. The zero-order valence-corrected chi connectivity index (χ0v) is 15.2. The molecule has 6 heteroatoms. The maximum Gasteiger partial charge on any atom is 0.251 e. The van der Waals surface area contributed by atoms with Gasteiger partial charge in [-0.05, 0) is 42.7 Å². The Morgan fingerprint density at radius 3 is 2.46 bits per heavy atom. The van der Waals surface area contributed by atoms with Crippen LogP contribution in [0.1, 0.15) is 28.8 Å². The highest BCUT2D eigenvalue weighted by Gasteiger charge is 2.35. The maximum atomic E-state index is 12.5. The summed E-state index contributed by atoms with van der Waals surface area (Å²) in [5, 5.41) is 3.08. The van der Waals surface area contributed by atoms with Gasteiger partial charge in [0.25, 0.3) is 5.91 Å². The highest BCUT2D eigenvalue weighted by molar-refractivity contribution is 5.94. The summed E-state index contributed by atoms with van der Waals surface area (Å²) in [5.41, 5.74) is 1.53. The molecular formula is C20H24N2O4. The predicted octanol–water partition coefficient (Wildman–Crippen LogP) is 2.58. The van der Waals surface area contributed by atoms with Gasteiger partial charge in [0.2, 0.25) is 0 Å². The number of carbonyl (C=O) groups is 1. The summed E-state index contributed by atoms with van der Waals surface area (Å²) in [4.78, 5) is 16.4. The lowest BCUT2D eigenvalue weighted by Crippen LogP contribution is -2.44. The van der Waals surface area contributed by atoms with Gasteiger partial charge < -0.3 is 19.5 Å². The van der Waals surface area contributed by atoms with E-state index in [9.17, 15) is 4.79 Å². The Balaban J connectivity index is 1.84. The van der Waals surface area contributed by atoms with E-state index >= 15 is 0 Å². The normalized spacial score (nSPS) is 15.9. The number of rotatable bonds is 6. The van der Waals surface area contributed by atoms with Crippen LogP contribution in [0.3, 0.4) is 0 Å². The third kappa shape index (κ3) is 3.80.